The van der Waals surface area contributed by atoms with E-state index >= 15 is 0 Å². The van der Waals surface area contributed by atoms with Gasteiger partial charge in [0.2, 0.25) is 0 Å². The van der Waals surface area contributed by atoms with Crippen molar-refractivity contribution in [2.24, 2.45) is 17.8 Å². The van der Waals surface area contributed by atoms with E-state index < -0.39 is 0 Å². The molecule has 7 aromatic carbocycles. The van der Waals surface area contributed by atoms with Gasteiger partial charge in [0.05, 0.1) is 0 Å². The van der Waals surface area contributed by atoms with Gasteiger partial charge in [-0.1, -0.05) is 127 Å². The highest BCUT2D eigenvalue weighted by molar-refractivity contribution is 6.12. The van der Waals surface area contributed by atoms with Crippen molar-refractivity contribution in [1.82, 2.24) is 15.0 Å². The van der Waals surface area contributed by atoms with Crippen LogP contribution in [0.2, 0.25) is 0 Å². The quantitative estimate of drug-likeness (QED) is 0.168. The van der Waals surface area contributed by atoms with Gasteiger partial charge < -0.3 is 8.83 Å². The van der Waals surface area contributed by atoms with E-state index in [2.05, 4.69) is 103 Å². The number of para-hydroxylation sites is 2. The van der Waals surface area contributed by atoms with E-state index in [-0.39, 0.29) is 0 Å². The van der Waals surface area contributed by atoms with Gasteiger partial charge in [-0.3, -0.25) is 0 Å². The number of hydrogen-bond acceptors (Lipinski definition) is 5. The zero-order valence-corrected chi connectivity index (χ0v) is 33.1. The molecule has 3 aromatic heterocycles. The lowest BCUT2D eigenvalue weighted by Gasteiger charge is -2.57. The molecule has 60 heavy (non-hydrogen) atoms. The summed E-state index contributed by atoms with van der Waals surface area (Å²) in [6.45, 7) is 0. The van der Waals surface area contributed by atoms with E-state index in [1.54, 1.807) is 5.56 Å². The molecule has 0 spiro atoms. The molecule has 3 heterocycles. The second-order valence-corrected chi connectivity index (χ2v) is 17.8. The Morgan fingerprint density at radius 1 is 0.383 bits per heavy atom. The van der Waals surface area contributed by atoms with Crippen LogP contribution in [-0.4, -0.2) is 15.0 Å². The van der Waals surface area contributed by atoms with Crippen LogP contribution in [0, 0.1) is 17.8 Å². The van der Waals surface area contributed by atoms with E-state index in [0.29, 0.717) is 22.9 Å². The van der Waals surface area contributed by atoms with Crippen molar-refractivity contribution in [3.05, 3.63) is 163 Å². The van der Waals surface area contributed by atoms with Gasteiger partial charge in [0, 0.05) is 38.2 Å². The van der Waals surface area contributed by atoms with Crippen molar-refractivity contribution in [2.75, 3.05) is 0 Å². The minimum atomic E-state index is 0.431. The summed E-state index contributed by atoms with van der Waals surface area (Å²) >= 11 is 0. The number of aromatic nitrogens is 3. The zero-order chi connectivity index (χ0) is 39.4. The molecule has 5 heteroatoms. The molecule has 0 atom stereocenters. The van der Waals surface area contributed by atoms with Crippen LogP contribution in [0.15, 0.2) is 167 Å². The molecule has 0 N–H and O–H groups in total. The zero-order valence-electron chi connectivity index (χ0n) is 33.1. The Hall–Kier alpha value is -6.85. The Kier molecular flexibility index (Phi) is 7.42. The van der Waals surface area contributed by atoms with Gasteiger partial charge in [-0.05, 0) is 120 Å². The standard InChI is InChI=1S/C55H41N3O2/c1-3-9-47-43(6-1)44-25-22-41(29-50(44)60-47)53-56-52(57-54(58-53)46-8-5-11-49-51(46)45-7-2-4-10-48(45)59-49)40-18-16-38(17-19-40)36-12-14-37(15-13-36)39-20-23-42(24-21-39)55-30-33-26-34(31-55)28-35(27-33)32-55/h1-25,29,33-35H,26-28,30-32H2. The van der Waals surface area contributed by atoms with Crippen LogP contribution >= 0.6 is 0 Å². The number of nitrogens with zero attached hydrogens (tertiary/aromatic N) is 3. The van der Waals surface area contributed by atoms with Crippen molar-refractivity contribution in [3.8, 4) is 56.4 Å². The number of rotatable bonds is 6. The van der Waals surface area contributed by atoms with Crippen LogP contribution in [0.4, 0.5) is 0 Å². The summed E-state index contributed by atoms with van der Waals surface area (Å²) in [6, 6.07) is 55.7. The molecule has 0 saturated heterocycles. The second kappa shape index (κ2) is 13.1. The highest BCUT2D eigenvalue weighted by atomic mass is 16.3. The topological polar surface area (TPSA) is 65.0 Å². The average molecular weight is 776 g/mol. The van der Waals surface area contributed by atoms with E-state index in [1.165, 1.54) is 55.2 Å². The molecule has 0 amide bonds. The van der Waals surface area contributed by atoms with Crippen molar-refractivity contribution in [3.63, 3.8) is 0 Å². The van der Waals surface area contributed by atoms with Gasteiger partial charge in [0.1, 0.15) is 22.3 Å². The maximum atomic E-state index is 6.29. The summed E-state index contributed by atoms with van der Waals surface area (Å²) in [5, 5.41) is 4.17. The van der Waals surface area contributed by atoms with E-state index in [1.807, 2.05) is 54.6 Å². The monoisotopic (exact) mass is 775 g/mol. The summed E-state index contributed by atoms with van der Waals surface area (Å²) in [4.78, 5) is 15.4. The maximum absolute atomic E-state index is 6.29. The molecular formula is C55H41N3O2. The third-order valence-electron chi connectivity index (χ3n) is 14.1. The maximum Gasteiger partial charge on any atom is 0.164 e. The first-order chi connectivity index (χ1) is 29.6. The molecule has 0 aliphatic heterocycles. The van der Waals surface area contributed by atoms with Gasteiger partial charge in [0.15, 0.2) is 17.5 Å². The summed E-state index contributed by atoms with van der Waals surface area (Å²) in [5.41, 5.74) is 12.8. The first-order valence-electron chi connectivity index (χ1n) is 21.5. The second-order valence-electron chi connectivity index (χ2n) is 17.8. The SMILES string of the molecule is c1ccc2c(c1)oc1cc(-c3nc(-c4ccc(-c5ccc(-c6ccc(C78CC9CC(CC(C9)C7)C8)cc6)cc5)cc4)nc(-c4cccc5oc6ccccc6c45)n3)ccc12. The minimum Gasteiger partial charge on any atom is -0.456 e. The van der Waals surface area contributed by atoms with Crippen molar-refractivity contribution in [1.29, 1.82) is 0 Å². The van der Waals surface area contributed by atoms with E-state index in [0.717, 1.165) is 83.9 Å². The molecule has 4 bridgehead atoms. The van der Waals surface area contributed by atoms with Crippen molar-refractivity contribution < 1.29 is 8.83 Å². The van der Waals surface area contributed by atoms with E-state index in [4.69, 9.17) is 23.8 Å². The molecule has 4 aliphatic carbocycles. The molecule has 5 nitrogen and oxygen atoms in total. The van der Waals surface area contributed by atoms with E-state index in [9.17, 15) is 0 Å². The first-order valence-corrected chi connectivity index (χ1v) is 21.5. The Morgan fingerprint density at radius 3 is 1.50 bits per heavy atom. The molecule has 4 saturated carbocycles. The predicted molar refractivity (Wildman–Crippen MR) is 241 cm³/mol. The summed E-state index contributed by atoms with van der Waals surface area (Å²) in [6.07, 6.45) is 8.65. The Bertz CT molecular complexity index is 3250. The Labute approximate surface area is 347 Å². The lowest BCUT2D eigenvalue weighted by atomic mass is 9.48. The lowest BCUT2D eigenvalue weighted by molar-refractivity contribution is -0.00518. The molecule has 4 aliphatic rings. The molecular weight excluding hydrogens is 735 g/mol. The smallest absolute Gasteiger partial charge is 0.164 e. The molecule has 288 valence electrons. The lowest BCUT2D eigenvalue weighted by Crippen LogP contribution is -2.48. The summed E-state index contributed by atoms with van der Waals surface area (Å²) in [5.74, 6) is 4.63. The van der Waals surface area contributed by atoms with Crippen LogP contribution in [0.1, 0.15) is 44.1 Å². The van der Waals surface area contributed by atoms with Crippen LogP contribution < -0.4 is 0 Å². The highest BCUT2D eigenvalue weighted by Crippen LogP contribution is 2.60. The van der Waals surface area contributed by atoms with Crippen molar-refractivity contribution >= 4 is 43.9 Å². The first kappa shape index (κ1) is 34.1. The van der Waals surface area contributed by atoms with Gasteiger partial charge in [-0.2, -0.15) is 0 Å². The molecule has 0 unspecified atom stereocenters. The highest BCUT2D eigenvalue weighted by Gasteiger charge is 2.51. The number of furan rings is 2. The third kappa shape index (κ3) is 5.48. The number of benzene rings is 7. The summed E-state index contributed by atoms with van der Waals surface area (Å²) < 4.78 is 12.6. The van der Waals surface area contributed by atoms with Crippen LogP contribution in [0.3, 0.4) is 0 Å². The largest absolute Gasteiger partial charge is 0.456 e. The molecule has 4 fully saturated rings. The summed E-state index contributed by atoms with van der Waals surface area (Å²) in [7, 11) is 0. The molecule has 0 radical (unpaired) electrons. The third-order valence-corrected chi connectivity index (χ3v) is 14.1. The van der Waals surface area contributed by atoms with Crippen molar-refractivity contribution in [2.45, 2.75) is 43.9 Å². The number of hydrogen-bond donors (Lipinski definition) is 0. The average Bonchev–Trinajstić information content (AvgIpc) is 3.87. The Balaban J connectivity index is 0.841. The van der Waals surface area contributed by atoms with Gasteiger partial charge >= 0.3 is 0 Å². The number of fused-ring (bicyclic) bond motifs is 6. The Morgan fingerprint density at radius 2 is 0.850 bits per heavy atom. The fraction of sp³-hybridized carbons (Fsp3) is 0.182. The fourth-order valence-electron chi connectivity index (χ4n) is 11.7. The van der Waals surface area contributed by atoms with Gasteiger partial charge in [-0.15, -0.1) is 0 Å². The minimum absolute atomic E-state index is 0.431. The molecule has 10 aromatic rings. The normalized spacial score (nSPS) is 20.8. The predicted octanol–water partition coefficient (Wildman–Crippen LogP) is 14.5. The van der Waals surface area contributed by atoms with Crippen LogP contribution in [0.5, 0.6) is 0 Å². The van der Waals surface area contributed by atoms with Crippen LogP contribution in [0.25, 0.3) is 100 Å². The van der Waals surface area contributed by atoms with Gasteiger partial charge in [-0.25, -0.2) is 15.0 Å². The molecule has 14 rings (SSSR count). The van der Waals surface area contributed by atoms with Crippen LogP contribution in [-0.2, 0) is 5.41 Å². The van der Waals surface area contributed by atoms with Gasteiger partial charge in [0.25, 0.3) is 0 Å². The fourth-order valence-corrected chi connectivity index (χ4v) is 11.7.